The van der Waals surface area contributed by atoms with Gasteiger partial charge in [-0.15, -0.1) is 0 Å². The number of methoxy groups -OCH3 is 1. The summed E-state index contributed by atoms with van der Waals surface area (Å²) in [6.07, 6.45) is 15.5. The fourth-order valence-corrected chi connectivity index (χ4v) is 7.50. The Morgan fingerprint density at radius 2 is 1.42 bits per heavy atom. The number of benzene rings is 4. The molecule has 298 valence electrons. The molecule has 5 rings (SSSR count). The molecule has 0 aliphatic rings. The van der Waals surface area contributed by atoms with E-state index in [-0.39, 0.29) is 23.7 Å². The van der Waals surface area contributed by atoms with Gasteiger partial charge in [0.25, 0.3) is 0 Å². The normalized spacial score (nSPS) is 11.8. The number of aromatic nitrogens is 1. The highest BCUT2D eigenvalue weighted by Gasteiger charge is 2.14. The molecular weight excluding hydrogens is 707 g/mol. The number of ether oxygens (including phenoxy) is 1. The zero-order valence-corrected chi connectivity index (χ0v) is 33.7. The standard InChI is InChI=1S/C50H59N3O4/c1-52-35-41(24-22-38-15-8-4-9-16-38)17-10-5-11-20-46(54)34-47(55)28-27-42-32-49(57-2)48(56)31-44(42)30-45-36-53-50(51)33-43(45)26-25-40-19-12-18-39(29-40)23-21-37-13-6-3-7-14-37/h3-4,6-9,12-16,18-19,27-29,31-33,36,41,52,56H,5,10-11,17,20-26,30,34-35H2,1-2H3,(H2,51,53). The molecule has 7 nitrogen and oxygen atoms in total. The molecule has 0 spiro atoms. The van der Waals surface area contributed by atoms with Crippen LogP contribution in [-0.2, 0) is 48.1 Å². The van der Waals surface area contributed by atoms with E-state index < -0.39 is 0 Å². The van der Waals surface area contributed by atoms with Gasteiger partial charge in [-0.25, -0.2) is 4.98 Å². The molecule has 4 N–H and O–H groups in total. The SMILES string of the molecule is CNCC(CCCCCC(=O)CC(=O)C=Cc1cc(OC)c(O)cc1Cc1cnc(N)cc1CCc1cccc(CCc2ccccc2)c1)CCc1ccccc1. The van der Waals surface area contributed by atoms with Crippen LogP contribution in [0.2, 0.25) is 0 Å². The minimum Gasteiger partial charge on any atom is -0.504 e. The third-order valence-corrected chi connectivity index (χ3v) is 10.7. The minimum atomic E-state index is -0.242. The summed E-state index contributed by atoms with van der Waals surface area (Å²) in [7, 11) is 3.50. The number of hydrogen-bond acceptors (Lipinski definition) is 7. The lowest BCUT2D eigenvalue weighted by molar-refractivity contribution is -0.124. The number of carbonyl (C=O) groups is 2. The predicted octanol–water partition coefficient (Wildman–Crippen LogP) is 9.50. The van der Waals surface area contributed by atoms with Gasteiger partial charge in [-0.2, -0.15) is 0 Å². The number of pyridine rings is 1. The summed E-state index contributed by atoms with van der Waals surface area (Å²) in [6.45, 7) is 0.990. The first-order valence-electron chi connectivity index (χ1n) is 20.5. The molecule has 1 unspecified atom stereocenters. The fourth-order valence-electron chi connectivity index (χ4n) is 7.50. The van der Waals surface area contributed by atoms with Crippen molar-refractivity contribution in [3.63, 3.8) is 0 Å². The summed E-state index contributed by atoms with van der Waals surface area (Å²) in [6, 6.07) is 35.2. The number of nitrogens with two attached hydrogens (primary N) is 1. The maximum absolute atomic E-state index is 13.0. The molecule has 5 aromatic rings. The summed E-state index contributed by atoms with van der Waals surface area (Å²) < 4.78 is 5.41. The summed E-state index contributed by atoms with van der Waals surface area (Å²) >= 11 is 0. The Morgan fingerprint density at radius 3 is 2.12 bits per heavy atom. The van der Waals surface area contributed by atoms with Crippen LogP contribution in [0.4, 0.5) is 5.82 Å². The average molecular weight is 766 g/mol. The lowest BCUT2D eigenvalue weighted by atomic mass is 9.93. The number of ketones is 2. The summed E-state index contributed by atoms with van der Waals surface area (Å²) in [5.41, 5.74) is 15.0. The summed E-state index contributed by atoms with van der Waals surface area (Å²) in [5.74, 6) is 1.09. The Morgan fingerprint density at radius 1 is 0.754 bits per heavy atom. The number of unbranched alkanes of at least 4 members (excludes halogenated alkanes) is 2. The van der Waals surface area contributed by atoms with Gasteiger partial charge >= 0.3 is 0 Å². The lowest BCUT2D eigenvalue weighted by Crippen LogP contribution is -2.19. The molecule has 1 aromatic heterocycles. The van der Waals surface area contributed by atoms with Gasteiger partial charge in [-0.3, -0.25) is 9.59 Å². The number of phenols is 1. The molecule has 0 fully saturated rings. The zero-order chi connectivity index (χ0) is 40.2. The molecule has 4 aromatic carbocycles. The van der Waals surface area contributed by atoms with Gasteiger partial charge in [-0.05, 0) is 146 Å². The lowest BCUT2D eigenvalue weighted by Gasteiger charge is -2.16. The molecule has 0 aliphatic carbocycles. The molecule has 0 aliphatic heterocycles. The number of nitrogens with one attached hydrogen (secondary N) is 1. The molecule has 0 saturated carbocycles. The van der Waals surface area contributed by atoms with Crippen molar-refractivity contribution in [2.75, 3.05) is 26.4 Å². The molecule has 0 radical (unpaired) electrons. The van der Waals surface area contributed by atoms with E-state index in [0.29, 0.717) is 30.3 Å². The van der Waals surface area contributed by atoms with Gasteiger partial charge in [-0.1, -0.05) is 104 Å². The number of hydrogen-bond donors (Lipinski definition) is 3. The van der Waals surface area contributed by atoms with E-state index in [2.05, 4.69) is 89.2 Å². The van der Waals surface area contributed by atoms with Gasteiger partial charge in [0.1, 0.15) is 11.6 Å². The van der Waals surface area contributed by atoms with Gasteiger partial charge in [0, 0.05) is 12.6 Å². The molecule has 1 atom stereocenters. The number of aryl methyl sites for hydroxylation is 5. The van der Waals surface area contributed by atoms with Crippen molar-refractivity contribution in [3.8, 4) is 11.5 Å². The first kappa shape index (κ1) is 42.6. The van der Waals surface area contributed by atoms with Crippen LogP contribution < -0.4 is 15.8 Å². The minimum absolute atomic E-state index is 0.0110. The zero-order valence-electron chi connectivity index (χ0n) is 33.7. The van der Waals surface area contributed by atoms with Crippen LogP contribution in [0.5, 0.6) is 11.5 Å². The third-order valence-electron chi connectivity index (χ3n) is 10.7. The molecule has 1 heterocycles. The number of Topliss-reactive ketones (excluding diaryl/α,β-unsaturated/α-hetero) is 1. The monoisotopic (exact) mass is 765 g/mol. The van der Waals surface area contributed by atoms with E-state index >= 15 is 0 Å². The van der Waals surface area contributed by atoms with E-state index in [1.54, 1.807) is 24.4 Å². The highest BCUT2D eigenvalue weighted by molar-refractivity contribution is 6.06. The van der Waals surface area contributed by atoms with Gasteiger partial charge in [0.2, 0.25) is 0 Å². The molecular formula is C50H59N3O4. The van der Waals surface area contributed by atoms with Crippen molar-refractivity contribution in [1.82, 2.24) is 10.3 Å². The van der Waals surface area contributed by atoms with E-state index in [1.807, 2.05) is 19.2 Å². The molecule has 7 heteroatoms. The highest BCUT2D eigenvalue weighted by Crippen LogP contribution is 2.32. The Kier molecular flexibility index (Phi) is 17.1. The van der Waals surface area contributed by atoms with Gasteiger partial charge in [0.05, 0.1) is 13.5 Å². The highest BCUT2D eigenvalue weighted by atomic mass is 16.5. The van der Waals surface area contributed by atoms with E-state index in [4.69, 9.17) is 10.5 Å². The summed E-state index contributed by atoms with van der Waals surface area (Å²) in [4.78, 5) is 30.2. The Bertz CT molecular complexity index is 2040. The predicted molar refractivity (Wildman–Crippen MR) is 233 cm³/mol. The quantitative estimate of drug-likeness (QED) is 0.0326. The number of phenolic OH excluding ortho intramolecular Hbond substituents is 1. The van der Waals surface area contributed by atoms with Crippen molar-refractivity contribution in [2.24, 2.45) is 5.92 Å². The summed E-state index contributed by atoms with van der Waals surface area (Å²) in [5, 5.41) is 14.1. The molecule has 0 amide bonds. The molecule has 0 saturated heterocycles. The Hall–Kier alpha value is -5.53. The van der Waals surface area contributed by atoms with Gasteiger partial charge < -0.3 is 20.9 Å². The van der Waals surface area contributed by atoms with E-state index in [0.717, 1.165) is 93.0 Å². The van der Waals surface area contributed by atoms with Gasteiger partial charge in [0.15, 0.2) is 17.3 Å². The van der Waals surface area contributed by atoms with Crippen molar-refractivity contribution in [3.05, 3.63) is 160 Å². The van der Waals surface area contributed by atoms with Crippen molar-refractivity contribution >= 4 is 23.5 Å². The largest absolute Gasteiger partial charge is 0.504 e. The Labute approximate surface area is 339 Å². The number of allylic oxidation sites excluding steroid dienone is 1. The van der Waals surface area contributed by atoms with Crippen LogP contribution >= 0.6 is 0 Å². The van der Waals surface area contributed by atoms with E-state index in [1.165, 1.54) is 35.4 Å². The van der Waals surface area contributed by atoms with Crippen molar-refractivity contribution in [1.29, 1.82) is 0 Å². The van der Waals surface area contributed by atoms with Crippen LogP contribution in [0.1, 0.15) is 89.5 Å². The van der Waals surface area contributed by atoms with Crippen molar-refractivity contribution < 1.29 is 19.4 Å². The van der Waals surface area contributed by atoms with Crippen LogP contribution in [0, 0.1) is 5.92 Å². The number of anilines is 1. The Balaban J connectivity index is 1.14. The smallest absolute Gasteiger partial charge is 0.163 e. The maximum Gasteiger partial charge on any atom is 0.163 e. The second-order valence-corrected chi connectivity index (χ2v) is 15.1. The van der Waals surface area contributed by atoms with Crippen LogP contribution in [-0.4, -0.2) is 42.4 Å². The second-order valence-electron chi connectivity index (χ2n) is 15.1. The van der Waals surface area contributed by atoms with Crippen LogP contribution in [0.3, 0.4) is 0 Å². The maximum atomic E-state index is 13.0. The van der Waals surface area contributed by atoms with Crippen LogP contribution in [0.15, 0.2) is 115 Å². The average Bonchev–Trinajstić information content (AvgIpc) is 3.22. The second kappa shape index (κ2) is 22.9. The third kappa shape index (κ3) is 14.5. The number of nitrogen functional groups attached to an aromatic ring is 1. The number of rotatable bonds is 24. The van der Waals surface area contributed by atoms with E-state index in [9.17, 15) is 14.7 Å². The number of aromatic hydroxyl groups is 1. The fraction of sp³-hybridized carbons (Fsp3) is 0.340. The van der Waals surface area contributed by atoms with Crippen molar-refractivity contribution in [2.45, 2.75) is 83.5 Å². The molecule has 57 heavy (non-hydrogen) atoms. The first-order chi connectivity index (χ1) is 27.8. The molecule has 0 bridgehead atoms. The topological polar surface area (TPSA) is 115 Å². The first-order valence-corrected chi connectivity index (χ1v) is 20.5. The van der Waals surface area contributed by atoms with Crippen LogP contribution in [0.25, 0.3) is 6.08 Å². The number of carbonyl (C=O) groups excluding carboxylic acids is 2. The number of nitrogens with zero attached hydrogens (tertiary/aromatic N) is 1.